The quantitative estimate of drug-likeness (QED) is 0.851. The lowest BCUT2D eigenvalue weighted by Gasteiger charge is -2.23. The van der Waals surface area contributed by atoms with Gasteiger partial charge in [0.15, 0.2) is 12.1 Å². The number of hydrogen-bond acceptors (Lipinski definition) is 5. The van der Waals surface area contributed by atoms with Crippen molar-refractivity contribution in [3.63, 3.8) is 0 Å². The van der Waals surface area contributed by atoms with Crippen LogP contribution in [0.3, 0.4) is 0 Å². The highest BCUT2D eigenvalue weighted by Gasteiger charge is 2.60. The van der Waals surface area contributed by atoms with Gasteiger partial charge in [-0.1, -0.05) is 30.3 Å². The Labute approximate surface area is 124 Å². The minimum atomic E-state index is -0.605. The molecule has 0 radical (unpaired) electrons. The van der Waals surface area contributed by atoms with Crippen LogP contribution in [-0.2, 0) is 30.3 Å². The number of rotatable bonds is 3. The molecule has 0 saturated carbocycles. The van der Waals surface area contributed by atoms with Crippen LogP contribution >= 0.6 is 0 Å². The second-order valence-electron chi connectivity index (χ2n) is 6.20. The van der Waals surface area contributed by atoms with E-state index in [1.54, 1.807) is 0 Å². The minimum absolute atomic E-state index is 0.0730. The summed E-state index contributed by atoms with van der Waals surface area (Å²) < 4.78 is 29.3. The average Bonchev–Trinajstić information content (AvgIpc) is 3.07. The monoisotopic (exact) mass is 292 g/mol. The molecule has 4 rings (SSSR count). The molecular weight excluding hydrogens is 272 g/mol. The molecule has 5 nitrogen and oxygen atoms in total. The lowest BCUT2D eigenvalue weighted by Crippen LogP contribution is -2.36. The maximum Gasteiger partial charge on any atom is 0.190 e. The molecule has 3 heterocycles. The first kappa shape index (κ1) is 13.7. The van der Waals surface area contributed by atoms with Gasteiger partial charge in [0.2, 0.25) is 0 Å². The molecule has 114 valence electrons. The molecule has 0 aliphatic carbocycles. The van der Waals surface area contributed by atoms with Crippen LogP contribution < -0.4 is 0 Å². The standard InChI is InChI=1S/C16H20O5/c1-16(2)20-14-13-12(19-15(14)21-16)11(9-18-13)17-8-10-6-4-3-5-7-10/h3-7,11-15H,8-9H2,1-2H3/t11-,12-,13+,14-,15-/m1/s1. The van der Waals surface area contributed by atoms with E-state index < -0.39 is 5.79 Å². The molecule has 0 amide bonds. The van der Waals surface area contributed by atoms with E-state index in [9.17, 15) is 0 Å². The average molecular weight is 292 g/mol. The third-order valence-electron chi connectivity index (χ3n) is 4.15. The van der Waals surface area contributed by atoms with Crippen molar-refractivity contribution < 1.29 is 23.7 Å². The van der Waals surface area contributed by atoms with E-state index in [4.69, 9.17) is 23.7 Å². The molecule has 5 heteroatoms. The number of ether oxygens (including phenoxy) is 5. The topological polar surface area (TPSA) is 46.2 Å². The Hall–Kier alpha value is -0.980. The van der Waals surface area contributed by atoms with Crippen molar-refractivity contribution >= 4 is 0 Å². The summed E-state index contributed by atoms with van der Waals surface area (Å²) in [6, 6.07) is 10.1. The summed E-state index contributed by atoms with van der Waals surface area (Å²) in [4.78, 5) is 0. The molecule has 1 aromatic rings. The molecule has 0 aromatic heterocycles. The Kier molecular flexibility index (Phi) is 3.28. The van der Waals surface area contributed by atoms with Gasteiger partial charge in [-0.15, -0.1) is 0 Å². The molecule has 1 aromatic carbocycles. The van der Waals surface area contributed by atoms with Crippen molar-refractivity contribution in [2.45, 2.75) is 56.9 Å². The molecule has 3 aliphatic heterocycles. The highest BCUT2D eigenvalue weighted by Crippen LogP contribution is 2.42. The summed E-state index contributed by atoms with van der Waals surface area (Å²) in [5, 5.41) is 0. The van der Waals surface area contributed by atoms with E-state index in [-0.39, 0.29) is 30.7 Å². The molecule has 0 bridgehead atoms. The molecular formula is C16H20O5. The summed E-state index contributed by atoms with van der Waals surface area (Å²) in [7, 11) is 0. The summed E-state index contributed by atoms with van der Waals surface area (Å²) >= 11 is 0. The Morgan fingerprint density at radius 3 is 2.71 bits per heavy atom. The van der Waals surface area contributed by atoms with Crippen LogP contribution in [0.15, 0.2) is 30.3 Å². The van der Waals surface area contributed by atoms with Gasteiger partial charge in [0.1, 0.15) is 24.4 Å². The molecule has 5 atom stereocenters. The Morgan fingerprint density at radius 1 is 1.10 bits per heavy atom. The predicted molar refractivity (Wildman–Crippen MR) is 73.5 cm³/mol. The summed E-state index contributed by atoms with van der Waals surface area (Å²) in [5.74, 6) is -0.605. The fraction of sp³-hybridized carbons (Fsp3) is 0.625. The largest absolute Gasteiger partial charge is 0.370 e. The van der Waals surface area contributed by atoms with E-state index in [1.165, 1.54) is 0 Å². The van der Waals surface area contributed by atoms with E-state index in [2.05, 4.69) is 0 Å². The first-order chi connectivity index (χ1) is 10.1. The third-order valence-corrected chi connectivity index (χ3v) is 4.15. The molecule has 0 N–H and O–H groups in total. The smallest absolute Gasteiger partial charge is 0.190 e. The van der Waals surface area contributed by atoms with Crippen molar-refractivity contribution in [3.05, 3.63) is 35.9 Å². The van der Waals surface area contributed by atoms with E-state index in [0.717, 1.165) is 5.56 Å². The first-order valence-corrected chi connectivity index (χ1v) is 7.41. The third kappa shape index (κ3) is 2.49. The second-order valence-corrected chi connectivity index (χ2v) is 6.20. The van der Waals surface area contributed by atoms with E-state index in [1.807, 2.05) is 44.2 Å². The SMILES string of the molecule is CC1(C)O[C@H]2O[C@H]3[C@H](OC[C@H]3OCc3ccccc3)[C@H]2O1. The van der Waals surface area contributed by atoms with Crippen molar-refractivity contribution in [3.8, 4) is 0 Å². The minimum Gasteiger partial charge on any atom is -0.370 e. The molecule has 21 heavy (non-hydrogen) atoms. The Balaban J connectivity index is 1.38. The van der Waals surface area contributed by atoms with Gasteiger partial charge < -0.3 is 23.7 Å². The van der Waals surface area contributed by atoms with Gasteiger partial charge >= 0.3 is 0 Å². The fourth-order valence-electron chi connectivity index (χ4n) is 3.21. The lowest BCUT2D eigenvalue weighted by atomic mass is 10.1. The zero-order chi connectivity index (χ0) is 14.4. The number of benzene rings is 1. The van der Waals surface area contributed by atoms with Crippen LogP contribution in [0.4, 0.5) is 0 Å². The zero-order valence-electron chi connectivity index (χ0n) is 12.2. The predicted octanol–water partition coefficient (Wildman–Crippen LogP) is 1.85. The van der Waals surface area contributed by atoms with Crippen molar-refractivity contribution in [1.29, 1.82) is 0 Å². The molecule has 0 unspecified atom stereocenters. The number of hydrogen-bond donors (Lipinski definition) is 0. The lowest BCUT2D eigenvalue weighted by molar-refractivity contribution is -0.217. The summed E-state index contributed by atoms with van der Waals surface area (Å²) in [6.45, 7) is 4.88. The van der Waals surface area contributed by atoms with Gasteiger partial charge in [-0.3, -0.25) is 0 Å². The van der Waals surface area contributed by atoms with E-state index in [0.29, 0.717) is 13.2 Å². The van der Waals surface area contributed by atoms with E-state index >= 15 is 0 Å². The maximum atomic E-state index is 5.96. The molecule has 3 aliphatic rings. The fourth-order valence-corrected chi connectivity index (χ4v) is 3.21. The van der Waals surface area contributed by atoms with Crippen LogP contribution in [0.25, 0.3) is 0 Å². The van der Waals surface area contributed by atoms with Crippen LogP contribution in [0.2, 0.25) is 0 Å². The van der Waals surface area contributed by atoms with Crippen LogP contribution in [-0.4, -0.2) is 43.1 Å². The van der Waals surface area contributed by atoms with Crippen LogP contribution in [0.5, 0.6) is 0 Å². The maximum absolute atomic E-state index is 5.96. The highest BCUT2D eigenvalue weighted by atomic mass is 16.8. The summed E-state index contributed by atoms with van der Waals surface area (Å²) in [5.41, 5.74) is 1.15. The van der Waals surface area contributed by atoms with Crippen LogP contribution in [0, 0.1) is 0 Å². The molecule has 3 fully saturated rings. The Bertz CT molecular complexity index is 503. The van der Waals surface area contributed by atoms with Gasteiger partial charge in [-0.25, -0.2) is 0 Å². The van der Waals surface area contributed by atoms with Gasteiger partial charge in [0.05, 0.1) is 13.2 Å². The normalized spacial score (nSPS) is 40.2. The van der Waals surface area contributed by atoms with Crippen molar-refractivity contribution in [2.75, 3.05) is 6.61 Å². The first-order valence-electron chi connectivity index (χ1n) is 7.41. The Morgan fingerprint density at radius 2 is 1.90 bits per heavy atom. The second kappa shape index (κ2) is 5.04. The van der Waals surface area contributed by atoms with Crippen molar-refractivity contribution in [1.82, 2.24) is 0 Å². The van der Waals surface area contributed by atoms with Gasteiger partial charge in [0.25, 0.3) is 0 Å². The zero-order valence-corrected chi connectivity index (χ0v) is 12.2. The van der Waals surface area contributed by atoms with Gasteiger partial charge in [-0.2, -0.15) is 0 Å². The van der Waals surface area contributed by atoms with Gasteiger partial charge in [0, 0.05) is 0 Å². The van der Waals surface area contributed by atoms with Gasteiger partial charge in [-0.05, 0) is 19.4 Å². The molecule has 3 saturated heterocycles. The summed E-state index contributed by atoms with van der Waals surface area (Å²) in [6.07, 6.45) is -0.790. The van der Waals surface area contributed by atoms with Crippen molar-refractivity contribution in [2.24, 2.45) is 0 Å². The highest BCUT2D eigenvalue weighted by molar-refractivity contribution is 5.13. The number of fused-ring (bicyclic) bond motifs is 3. The van der Waals surface area contributed by atoms with Crippen LogP contribution in [0.1, 0.15) is 19.4 Å². The molecule has 0 spiro atoms.